The minimum Gasteiger partial charge on any atom is -0.478 e. The van der Waals surface area contributed by atoms with E-state index in [1.165, 1.54) is 37.3 Å². The Bertz CT molecular complexity index is 402. The Kier molecular flexibility index (Phi) is 6.20. The van der Waals surface area contributed by atoms with E-state index < -0.39 is 5.97 Å². The van der Waals surface area contributed by atoms with Crippen LogP contribution in [0, 0.1) is 0 Å². The van der Waals surface area contributed by atoms with Crippen molar-refractivity contribution in [3.8, 4) is 0 Å². The van der Waals surface area contributed by atoms with E-state index in [0.717, 1.165) is 17.6 Å². The molecule has 0 heterocycles. The smallest absolute Gasteiger partial charge is 0.328 e. The van der Waals surface area contributed by atoms with Gasteiger partial charge in [-0.2, -0.15) is 0 Å². The van der Waals surface area contributed by atoms with Crippen molar-refractivity contribution in [2.75, 3.05) is 0 Å². The van der Waals surface area contributed by atoms with E-state index in [4.69, 9.17) is 5.11 Å². The van der Waals surface area contributed by atoms with Gasteiger partial charge in [0.05, 0.1) is 0 Å². The highest BCUT2D eigenvalue weighted by molar-refractivity contribution is 5.89. The molecule has 0 fully saturated rings. The van der Waals surface area contributed by atoms with Crippen LogP contribution in [0.25, 0.3) is 5.57 Å². The first-order valence-corrected chi connectivity index (χ1v) is 6.64. The second kappa shape index (κ2) is 7.70. The zero-order chi connectivity index (χ0) is 13.4. The van der Waals surface area contributed by atoms with Crippen LogP contribution in [0.1, 0.15) is 50.7 Å². The molecule has 0 unspecified atom stereocenters. The van der Waals surface area contributed by atoms with Gasteiger partial charge in [0, 0.05) is 6.08 Å². The second-order valence-electron chi connectivity index (χ2n) is 4.67. The Morgan fingerprint density at radius 2 is 1.83 bits per heavy atom. The summed E-state index contributed by atoms with van der Waals surface area (Å²) in [6, 6.07) is 8.20. The van der Waals surface area contributed by atoms with Gasteiger partial charge in [0.25, 0.3) is 0 Å². The maximum absolute atomic E-state index is 10.6. The number of benzene rings is 1. The minimum atomic E-state index is -0.892. The number of hydrogen-bond acceptors (Lipinski definition) is 1. The van der Waals surface area contributed by atoms with Gasteiger partial charge in [-0.1, -0.05) is 50.5 Å². The fraction of sp³-hybridized carbons (Fsp3) is 0.438. The van der Waals surface area contributed by atoms with Crippen molar-refractivity contribution in [1.29, 1.82) is 0 Å². The van der Waals surface area contributed by atoms with E-state index in [1.807, 2.05) is 19.1 Å². The van der Waals surface area contributed by atoms with Crippen LogP contribution in [0.2, 0.25) is 0 Å². The molecule has 0 aliphatic carbocycles. The Balaban J connectivity index is 2.54. The molecule has 98 valence electrons. The van der Waals surface area contributed by atoms with Gasteiger partial charge < -0.3 is 5.11 Å². The number of carboxylic acid groups (broad SMARTS) is 1. The highest BCUT2D eigenvalue weighted by Crippen LogP contribution is 2.16. The third-order valence-corrected chi connectivity index (χ3v) is 3.07. The Labute approximate surface area is 109 Å². The SMILES string of the molecule is CCCCCCc1ccc(C(C)=CC(=O)O)cc1. The van der Waals surface area contributed by atoms with E-state index >= 15 is 0 Å². The summed E-state index contributed by atoms with van der Waals surface area (Å²) in [4.78, 5) is 10.6. The average molecular weight is 246 g/mol. The maximum Gasteiger partial charge on any atom is 0.328 e. The molecule has 0 bridgehead atoms. The highest BCUT2D eigenvalue weighted by Gasteiger charge is 1.99. The van der Waals surface area contributed by atoms with E-state index in [0.29, 0.717) is 0 Å². The maximum atomic E-state index is 10.6. The third-order valence-electron chi connectivity index (χ3n) is 3.07. The van der Waals surface area contributed by atoms with Crippen LogP contribution in [-0.4, -0.2) is 11.1 Å². The molecular formula is C16H22O2. The van der Waals surface area contributed by atoms with Gasteiger partial charge >= 0.3 is 5.97 Å². The van der Waals surface area contributed by atoms with Gasteiger partial charge in [-0.15, -0.1) is 0 Å². The molecule has 0 saturated heterocycles. The van der Waals surface area contributed by atoms with Crippen LogP contribution in [0.3, 0.4) is 0 Å². The van der Waals surface area contributed by atoms with E-state index in [9.17, 15) is 4.79 Å². The average Bonchev–Trinajstić information content (AvgIpc) is 2.34. The van der Waals surface area contributed by atoms with Crippen LogP contribution in [-0.2, 0) is 11.2 Å². The fourth-order valence-electron chi connectivity index (χ4n) is 1.96. The number of aliphatic carboxylic acids is 1. The van der Waals surface area contributed by atoms with E-state index in [-0.39, 0.29) is 0 Å². The van der Waals surface area contributed by atoms with Crippen molar-refractivity contribution < 1.29 is 9.90 Å². The lowest BCUT2D eigenvalue weighted by molar-refractivity contribution is -0.131. The molecule has 0 aromatic heterocycles. The summed E-state index contributed by atoms with van der Waals surface area (Å²) in [5.41, 5.74) is 3.10. The van der Waals surface area contributed by atoms with Crippen LogP contribution in [0.4, 0.5) is 0 Å². The zero-order valence-corrected chi connectivity index (χ0v) is 11.3. The van der Waals surface area contributed by atoms with Gasteiger partial charge in [0.15, 0.2) is 0 Å². The first kappa shape index (κ1) is 14.5. The van der Waals surface area contributed by atoms with Crippen molar-refractivity contribution in [2.45, 2.75) is 46.0 Å². The van der Waals surface area contributed by atoms with Crippen molar-refractivity contribution in [1.82, 2.24) is 0 Å². The molecule has 1 aromatic rings. The molecule has 18 heavy (non-hydrogen) atoms. The van der Waals surface area contributed by atoms with Crippen LogP contribution in [0.15, 0.2) is 30.3 Å². The lowest BCUT2D eigenvalue weighted by Gasteiger charge is -2.04. The van der Waals surface area contributed by atoms with Crippen molar-refractivity contribution in [2.24, 2.45) is 0 Å². The topological polar surface area (TPSA) is 37.3 Å². The lowest BCUT2D eigenvalue weighted by atomic mass is 10.0. The van der Waals surface area contributed by atoms with Crippen LogP contribution < -0.4 is 0 Å². The standard InChI is InChI=1S/C16H22O2/c1-3-4-5-6-7-14-8-10-15(11-9-14)13(2)12-16(17)18/h8-12H,3-7H2,1-2H3,(H,17,18). The normalized spacial score (nSPS) is 11.6. The summed E-state index contributed by atoms with van der Waals surface area (Å²) < 4.78 is 0. The first-order chi connectivity index (χ1) is 8.63. The van der Waals surface area contributed by atoms with Gasteiger partial charge in [-0.05, 0) is 36.5 Å². The molecule has 0 amide bonds. The number of allylic oxidation sites excluding steroid dienone is 1. The molecule has 0 atom stereocenters. The molecule has 1 rings (SSSR count). The number of unbranched alkanes of at least 4 members (excludes halogenated alkanes) is 3. The van der Waals surface area contributed by atoms with E-state index in [2.05, 4.69) is 19.1 Å². The van der Waals surface area contributed by atoms with Crippen LogP contribution in [0.5, 0.6) is 0 Å². The molecule has 0 spiro atoms. The van der Waals surface area contributed by atoms with E-state index in [1.54, 1.807) is 0 Å². The monoisotopic (exact) mass is 246 g/mol. The number of hydrogen-bond donors (Lipinski definition) is 1. The molecule has 2 nitrogen and oxygen atoms in total. The number of carbonyl (C=O) groups is 1. The van der Waals surface area contributed by atoms with Gasteiger partial charge in [-0.25, -0.2) is 4.79 Å². The molecule has 0 radical (unpaired) electrons. The predicted octanol–water partition coefficient (Wildman–Crippen LogP) is 4.30. The van der Waals surface area contributed by atoms with Crippen LogP contribution >= 0.6 is 0 Å². The molecule has 0 aliphatic rings. The summed E-state index contributed by atoms with van der Waals surface area (Å²) in [7, 11) is 0. The number of aryl methyl sites for hydroxylation is 1. The first-order valence-electron chi connectivity index (χ1n) is 6.64. The molecular weight excluding hydrogens is 224 g/mol. The largest absolute Gasteiger partial charge is 0.478 e. The summed E-state index contributed by atoms with van der Waals surface area (Å²) in [6.07, 6.45) is 7.45. The summed E-state index contributed by atoms with van der Waals surface area (Å²) >= 11 is 0. The Morgan fingerprint density at radius 1 is 1.17 bits per heavy atom. The van der Waals surface area contributed by atoms with Crippen molar-refractivity contribution >= 4 is 11.5 Å². The summed E-state index contributed by atoms with van der Waals surface area (Å²) in [5.74, 6) is -0.892. The van der Waals surface area contributed by atoms with Gasteiger partial charge in [-0.3, -0.25) is 0 Å². The van der Waals surface area contributed by atoms with Crippen molar-refractivity contribution in [3.63, 3.8) is 0 Å². The van der Waals surface area contributed by atoms with Gasteiger partial charge in [0.1, 0.15) is 0 Å². The molecule has 0 saturated carbocycles. The van der Waals surface area contributed by atoms with Crippen molar-refractivity contribution in [3.05, 3.63) is 41.5 Å². The molecule has 2 heteroatoms. The highest BCUT2D eigenvalue weighted by atomic mass is 16.4. The summed E-state index contributed by atoms with van der Waals surface area (Å²) in [5, 5.41) is 8.69. The second-order valence-corrected chi connectivity index (χ2v) is 4.67. The quantitative estimate of drug-likeness (QED) is 0.575. The zero-order valence-electron chi connectivity index (χ0n) is 11.3. The lowest BCUT2D eigenvalue weighted by Crippen LogP contribution is -1.91. The van der Waals surface area contributed by atoms with Gasteiger partial charge in [0.2, 0.25) is 0 Å². The fourth-order valence-corrected chi connectivity index (χ4v) is 1.96. The predicted molar refractivity (Wildman–Crippen MR) is 75.6 cm³/mol. The molecule has 1 aromatic carbocycles. The summed E-state index contributed by atoms with van der Waals surface area (Å²) in [6.45, 7) is 4.04. The minimum absolute atomic E-state index is 0.792. The molecule has 1 N–H and O–H groups in total. The third kappa shape index (κ3) is 5.17. The Morgan fingerprint density at radius 3 is 2.39 bits per heavy atom. The molecule has 0 aliphatic heterocycles. The number of rotatable bonds is 7. The number of carboxylic acids is 1. The Hall–Kier alpha value is -1.57.